The quantitative estimate of drug-likeness (QED) is 0.0364. The first-order chi connectivity index (χ1) is 36.3. The molecule has 0 aromatic rings. The van der Waals surface area contributed by atoms with Gasteiger partial charge in [-0.15, -0.1) is 0 Å². The van der Waals surface area contributed by atoms with E-state index in [1.165, 1.54) is 141 Å². The summed E-state index contributed by atoms with van der Waals surface area (Å²) in [7, 11) is 0. The summed E-state index contributed by atoms with van der Waals surface area (Å²) in [5.74, 6) is -0.242. The molecule has 75 heavy (non-hydrogen) atoms. The highest BCUT2D eigenvalue weighted by Gasteiger charge is 2.53. The molecule has 17 atom stereocenters. The van der Waals surface area contributed by atoms with Crippen molar-refractivity contribution >= 4 is 5.91 Å². The number of aliphatic hydroxyl groups is 11. The van der Waals surface area contributed by atoms with Gasteiger partial charge in [-0.25, -0.2) is 0 Å². The fraction of sp³-hybridized carbons (Fsp3) is 0.982. The van der Waals surface area contributed by atoms with Crippen molar-refractivity contribution in [2.24, 2.45) is 0 Å². The molecule has 3 rings (SSSR count). The zero-order valence-electron chi connectivity index (χ0n) is 46.0. The van der Waals surface area contributed by atoms with E-state index in [2.05, 4.69) is 19.2 Å². The van der Waals surface area contributed by atoms with Crippen LogP contribution in [0, 0.1) is 0 Å². The summed E-state index contributed by atoms with van der Waals surface area (Å²) in [6.45, 7) is 1.76. The Morgan fingerprint density at radius 2 is 0.760 bits per heavy atom. The molecule has 444 valence electrons. The highest BCUT2D eigenvalue weighted by molar-refractivity contribution is 5.76. The van der Waals surface area contributed by atoms with Crippen molar-refractivity contribution in [2.45, 2.75) is 324 Å². The summed E-state index contributed by atoms with van der Waals surface area (Å²) < 4.78 is 34.2. The molecule has 3 heterocycles. The second-order valence-electron chi connectivity index (χ2n) is 21.8. The summed E-state index contributed by atoms with van der Waals surface area (Å²) in [5.41, 5.74) is 0. The zero-order chi connectivity index (χ0) is 54.8. The number of unbranched alkanes of at least 4 members (excludes halogenated alkanes) is 28. The molecule has 0 aromatic carbocycles. The SMILES string of the molecule is CCCCCCCCCCCCCCCCCCCCCCCCC(=O)NC(COC1OC(CO)C(OC2OC(CO)C(OC3OC(CO)C(O)C(O)C3O)C(O)C2O)C(O)C1O)C(O)CCCCCCCCCC. The van der Waals surface area contributed by atoms with Gasteiger partial charge in [-0.2, -0.15) is 0 Å². The molecule has 0 radical (unpaired) electrons. The lowest BCUT2D eigenvalue weighted by molar-refractivity contribution is -0.379. The summed E-state index contributed by atoms with van der Waals surface area (Å²) in [6, 6.07) is -0.878. The van der Waals surface area contributed by atoms with E-state index in [9.17, 15) is 61.0 Å². The second-order valence-corrected chi connectivity index (χ2v) is 21.8. The van der Waals surface area contributed by atoms with Crippen LogP contribution in [0.1, 0.15) is 219 Å². The molecule has 12 N–H and O–H groups in total. The van der Waals surface area contributed by atoms with Gasteiger partial charge >= 0.3 is 0 Å². The van der Waals surface area contributed by atoms with Crippen LogP contribution >= 0.6 is 0 Å². The fourth-order valence-electron chi connectivity index (χ4n) is 10.5. The van der Waals surface area contributed by atoms with Gasteiger partial charge in [-0.05, 0) is 12.8 Å². The Labute approximate surface area is 449 Å². The molecule has 19 nitrogen and oxygen atoms in total. The number of hydrogen-bond acceptors (Lipinski definition) is 18. The van der Waals surface area contributed by atoms with E-state index in [0.29, 0.717) is 12.8 Å². The Morgan fingerprint density at radius 3 is 1.16 bits per heavy atom. The predicted molar refractivity (Wildman–Crippen MR) is 282 cm³/mol. The third-order valence-corrected chi connectivity index (χ3v) is 15.4. The number of rotatable bonds is 44. The van der Waals surface area contributed by atoms with Gasteiger partial charge in [0, 0.05) is 6.42 Å². The van der Waals surface area contributed by atoms with Crippen LogP contribution in [-0.4, -0.2) is 193 Å². The molecule has 3 aliphatic rings. The van der Waals surface area contributed by atoms with Gasteiger partial charge in [0.25, 0.3) is 0 Å². The van der Waals surface area contributed by atoms with E-state index >= 15 is 0 Å². The van der Waals surface area contributed by atoms with Crippen LogP contribution in [0.25, 0.3) is 0 Å². The van der Waals surface area contributed by atoms with Crippen LogP contribution in [0.4, 0.5) is 0 Å². The molecular formula is C56H107NO18. The van der Waals surface area contributed by atoms with Crippen molar-refractivity contribution in [1.29, 1.82) is 0 Å². The van der Waals surface area contributed by atoms with Gasteiger partial charge < -0.3 is 89.9 Å². The van der Waals surface area contributed by atoms with E-state index in [4.69, 9.17) is 28.4 Å². The molecule has 3 fully saturated rings. The van der Waals surface area contributed by atoms with E-state index in [-0.39, 0.29) is 18.9 Å². The van der Waals surface area contributed by atoms with E-state index in [0.717, 1.165) is 44.9 Å². The first-order valence-electron chi connectivity index (χ1n) is 29.8. The minimum Gasteiger partial charge on any atom is -0.394 e. The Bertz CT molecular complexity index is 1390. The minimum atomic E-state index is -1.97. The number of nitrogens with one attached hydrogen (secondary N) is 1. The van der Waals surface area contributed by atoms with Gasteiger partial charge in [0.15, 0.2) is 18.9 Å². The predicted octanol–water partition coefficient (Wildman–Crippen LogP) is 4.82. The van der Waals surface area contributed by atoms with E-state index in [1.807, 2.05) is 0 Å². The largest absolute Gasteiger partial charge is 0.394 e. The average molecular weight is 1080 g/mol. The van der Waals surface area contributed by atoms with Crippen molar-refractivity contribution in [1.82, 2.24) is 5.32 Å². The topological polar surface area (TPSA) is 307 Å². The highest BCUT2D eigenvalue weighted by atomic mass is 16.8. The van der Waals surface area contributed by atoms with Crippen molar-refractivity contribution < 1.29 is 89.4 Å². The molecule has 0 aromatic heterocycles. The van der Waals surface area contributed by atoms with E-state index in [1.54, 1.807) is 0 Å². The standard InChI is InChI=1S/C56H107NO18/c1-3-5-7-9-11-13-14-15-16-17-18-19-20-21-22-23-24-25-26-28-30-32-34-44(62)57-39(40(61)33-31-29-27-12-10-8-6-4-2)38-70-54-50(68)47(65)52(42(36-59)72-54)75-56-51(69)48(66)53(43(37-60)73-56)74-55-49(67)46(64)45(63)41(35-58)71-55/h39-43,45-56,58-61,63-69H,3-38H2,1-2H3,(H,57,62). The van der Waals surface area contributed by atoms with Crippen LogP contribution < -0.4 is 5.32 Å². The van der Waals surface area contributed by atoms with Crippen LogP contribution in [-0.2, 0) is 33.2 Å². The summed E-state index contributed by atoms with van der Waals surface area (Å²) in [4.78, 5) is 13.3. The number of hydrogen-bond donors (Lipinski definition) is 12. The second kappa shape index (κ2) is 40.9. The Balaban J connectivity index is 1.43. The maximum Gasteiger partial charge on any atom is 0.220 e. The molecule has 3 saturated heterocycles. The molecular weight excluding hydrogens is 975 g/mol. The lowest BCUT2D eigenvalue weighted by Crippen LogP contribution is -2.66. The fourth-order valence-corrected chi connectivity index (χ4v) is 10.5. The lowest BCUT2D eigenvalue weighted by Gasteiger charge is -2.48. The molecule has 0 saturated carbocycles. The molecule has 0 spiro atoms. The molecule has 0 aliphatic carbocycles. The lowest BCUT2D eigenvalue weighted by atomic mass is 9.96. The van der Waals surface area contributed by atoms with Crippen LogP contribution in [0.2, 0.25) is 0 Å². The van der Waals surface area contributed by atoms with Crippen molar-refractivity contribution in [2.75, 3.05) is 26.4 Å². The summed E-state index contributed by atoms with van der Waals surface area (Å²) >= 11 is 0. The maximum absolute atomic E-state index is 13.3. The molecule has 17 unspecified atom stereocenters. The van der Waals surface area contributed by atoms with Gasteiger partial charge in [0.05, 0.1) is 38.6 Å². The maximum atomic E-state index is 13.3. The van der Waals surface area contributed by atoms with Crippen LogP contribution in [0.5, 0.6) is 0 Å². The zero-order valence-corrected chi connectivity index (χ0v) is 46.0. The van der Waals surface area contributed by atoms with Gasteiger partial charge in [0.1, 0.15) is 73.2 Å². The third kappa shape index (κ3) is 25.4. The molecule has 19 heteroatoms. The Morgan fingerprint density at radius 1 is 0.427 bits per heavy atom. The monoisotopic (exact) mass is 1080 g/mol. The first-order valence-corrected chi connectivity index (χ1v) is 29.8. The number of ether oxygens (including phenoxy) is 6. The van der Waals surface area contributed by atoms with E-state index < -0.39 is 124 Å². The molecule has 0 bridgehead atoms. The third-order valence-electron chi connectivity index (χ3n) is 15.4. The van der Waals surface area contributed by atoms with Gasteiger partial charge in [0.2, 0.25) is 5.91 Å². The number of amides is 1. The number of carbonyl (C=O) groups excluding carboxylic acids is 1. The van der Waals surface area contributed by atoms with Crippen LogP contribution in [0.3, 0.4) is 0 Å². The van der Waals surface area contributed by atoms with Crippen molar-refractivity contribution in [3.8, 4) is 0 Å². The molecule has 3 aliphatic heterocycles. The Kier molecular flexibility index (Phi) is 37.1. The number of aliphatic hydroxyl groups excluding tert-OH is 11. The summed E-state index contributed by atoms with van der Waals surface area (Å²) in [6.07, 6.45) is 10.9. The first kappa shape index (κ1) is 68.1. The van der Waals surface area contributed by atoms with Crippen LogP contribution in [0.15, 0.2) is 0 Å². The summed E-state index contributed by atoms with van der Waals surface area (Å²) in [5, 5.41) is 120. The highest BCUT2D eigenvalue weighted by Crippen LogP contribution is 2.33. The number of carbonyl (C=O) groups is 1. The van der Waals surface area contributed by atoms with Crippen molar-refractivity contribution in [3.63, 3.8) is 0 Å². The normalized spacial score (nSPS) is 31.1. The molecule has 1 amide bonds. The average Bonchev–Trinajstić information content (AvgIpc) is 3.41. The Hall–Kier alpha value is -1.21. The van der Waals surface area contributed by atoms with Crippen molar-refractivity contribution in [3.05, 3.63) is 0 Å². The van der Waals surface area contributed by atoms with Gasteiger partial charge in [-0.3, -0.25) is 4.79 Å². The minimum absolute atomic E-state index is 0.242. The van der Waals surface area contributed by atoms with Gasteiger partial charge in [-0.1, -0.05) is 200 Å². The smallest absolute Gasteiger partial charge is 0.220 e.